The molecular formula is C14H20N2O. The Balaban J connectivity index is 2.19. The van der Waals surface area contributed by atoms with E-state index in [1.165, 1.54) is 16.5 Å². The predicted octanol–water partition coefficient (Wildman–Crippen LogP) is 2.74. The molecule has 2 rings (SSSR count). The number of aromatic nitrogens is 1. The Morgan fingerprint density at radius 1 is 1.24 bits per heavy atom. The minimum absolute atomic E-state index is 0.632. The Labute approximate surface area is 102 Å². The fourth-order valence-corrected chi connectivity index (χ4v) is 1.93. The highest BCUT2D eigenvalue weighted by Gasteiger charge is 2.01. The maximum atomic E-state index is 5.43. The van der Waals surface area contributed by atoms with Crippen molar-refractivity contribution in [2.24, 2.45) is 0 Å². The summed E-state index contributed by atoms with van der Waals surface area (Å²) in [5.41, 5.74) is 2.56. The van der Waals surface area contributed by atoms with E-state index in [9.17, 15) is 0 Å². The number of benzene rings is 1. The molecule has 0 amide bonds. The van der Waals surface area contributed by atoms with E-state index >= 15 is 0 Å². The smallest absolute Gasteiger partial charge is 0.122 e. The molecule has 92 valence electrons. The summed E-state index contributed by atoms with van der Waals surface area (Å²) in [7, 11) is 0. The molecule has 0 aliphatic carbocycles. The van der Waals surface area contributed by atoms with Crippen LogP contribution in [-0.2, 0) is 18.0 Å². The molecule has 0 unspecified atom stereocenters. The second-order valence-electron chi connectivity index (χ2n) is 4.08. The van der Waals surface area contributed by atoms with Gasteiger partial charge in [0.25, 0.3) is 0 Å². The van der Waals surface area contributed by atoms with E-state index in [0.29, 0.717) is 6.73 Å². The summed E-state index contributed by atoms with van der Waals surface area (Å²) in [6, 6.07) is 8.72. The van der Waals surface area contributed by atoms with Gasteiger partial charge >= 0.3 is 0 Å². The van der Waals surface area contributed by atoms with Crippen LogP contribution in [0.15, 0.2) is 30.5 Å². The summed E-state index contributed by atoms with van der Waals surface area (Å²) < 4.78 is 7.57. The van der Waals surface area contributed by atoms with E-state index in [4.69, 9.17) is 4.74 Å². The van der Waals surface area contributed by atoms with Crippen molar-refractivity contribution in [3.63, 3.8) is 0 Å². The fourth-order valence-electron chi connectivity index (χ4n) is 1.93. The number of fused-ring (bicyclic) bond motifs is 1. The zero-order chi connectivity index (χ0) is 12.1. The molecule has 1 heterocycles. The number of nitrogens with one attached hydrogen (secondary N) is 1. The lowest BCUT2D eigenvalue weighted by Gasteiger charge is -2.06. The van der Waals surface area contributed by atoms with Crippen LogP contribution in [0.25, 0.3) is 10.9 Å². The highest BCUT2D eigenvalue weighted by Crippen LogP contribution is 2.17. The van der Waals surface area contributed by atoms with Crippen molar-refractivity contribution in [2.75, 3.05) is 13.2 Å². The molecule has 0 aliphatic rings. The number of hydrogen-bond donors (Lipinski definition) is 1. The molecule has 0 aliphatic heterocycles. The largest absolute Gasteiger partial charge is 0.361 e. The van der Waals surface area contributed by atoms with Crippen LogP contribution in [0, 0.1) is 0 Å². The monoisotopic (exact) mass is 232 g/mol. The summed E-state index contributed by atoms with van der Waals surface area (Å²) in [5.74, 6) is 0. The molecule has 0 spiro atoms. The Morgan fingerprint density at radius 3 is 2.88 bits per heavy atom. The first kappa shape index (κ1) is 12.1. The Bertz CT molecular complexity index is 476. The van der Waals surface area contributed by atoms with Crippen molar-refractivity contribution in [2.45, 2.75) is 27.1 Å². The number of hydrogen-bond acceptors (Lipinski definition) is 2. The van der Waals surface area contributed by atoms with Crippen LogP contribution in [0.5, 0.6) is 0 Å². The summed E-state index contributed by atoms with van der Waals surface area (Å²) in [6.07, 6.45) is 2.08. The topological polar surface area (TPSA) is 26.2 Å². The third-order valence-electron chi connectivity index (χ3n) is 2.85. The third-order valence-corrected chi connectivity index (χ3v) is 2.85. The summed E-state index contributed by atoms with van der Waals surface area (Å²) in [5, 5.41) is 4.62. The van der Waals surface area contributed by atoms with Gasteiger partial charge in [-0.25, -0.2) is 0 Å². The molecule has 1 aromatic heterocycles. The van der Waals surface area contributed by atoms with E-state index in [1.807, 2.05) is 6.92 Å². The van der Waals surface area contributed by atoms with Crippen LogP contribution in [0.3, 0.4) is 0 Å². The van der Waals surface area contributed by atoms with E-state index < -0.39 is 0 Å². The first-order chi connectivity index (χ1) is 8.35. The Kier molecular flexibility index (Phi) is 4.18. The first-order valence-corrected chi connectivity index (χ1v) is 6.21. The molecule has 1 aromatic carbocycles. The maximum Gasteiger partial charge on any atom is 0.122 e. The first-order valence-electron chi connectivity index (χ1n) is 6.21. The standard InChI is InChI=1S/C14H20N2O/c1-3-15-10-12-5-6-14-13(9-12)7-8-16(14)11-17-4-2/h5-9,15H,3-4,10-11H2,1-2H3. The van der Waals surface area contributed by atoms with Crippen molar-refractivity contribution in [3.8, 4) is 0 Å². The normalized spacial score (nSPS) is 11.2. The SMILES string of the molecule is CCNCc1ccc2c(ccn2COCC)c1. The molecular weight excluding hydrogens is 212 g/mol. The zero-order valence-electron chi connectivity index (χ0n) is 10.6. The molecule has 3 nitrogen and oxygen atoms in total. The molecule has 0 atom stereocenters. The quantitative estimate of drug-likeness (QED) is 0.828. The maximum absolute atomic E-state index is 5.43. The number of nitrogens with zero attached hydrogens (tertiary/aromatic N) is 1. The van der Waals surface area contributed by atoms with Crippen LogP contribution < -0.4 is 5.32 Å². The van der Waals surface area contributed by atoms with Gasteiger partial charge in [-0.3, -0.25) is 0 Å². The van der Waals surface area contributed by atoms with Crippen molar-refractivity contribution in [3.05, 3.63) is 36.0 Å². The lowest BCUT2D eigenvalue weighted by atomic mass is 10.1. The van der Waals surface area contributed by atoms with Crippen molar-refractivity contribution >= 4 is 10.9 Å². The van der Waals surface area contributed by atoms with E-state index in [2.05, 4.69) is 47.3 Å². The molecule has 0 saturated carbocycles. The summed E-state index contributed by atoms with van der Waals surface area (Å²) in [6.45, 7) is 7.45. The number of ether oxygens (including phenoxy) is 1. The predicted molar refractivity (Wildman–Crippen MR) is 70.9 cm³/mol. The van der Waals surface area contributed by atoms with Crippen LogP contribution in [0.4, 0.5) is 0 Å². The van der Waals surface area contributed by atoms with Crippen molar-refractivity contribution in [1.82, 2.24) is 9.88 Å². The second kappa shape index (κ2) is 5.84. The Morgan fingerprint density at radius 2 is 2.12 bits per heavy atom. The summed E-state index contributed by atoms with van der Waals surface area (Å²) >= 11 is 0. The van der Waals surface area contributed by atoms with E-state index in [1.54, 1.807) is 0 Å². The van der Waals surface area contributed by atoms with Gasteiger partial charge in [0.15, 0.2) is 0 Å². The van der Waals surface area contributed by atoms with Crippen molar-refractivity contribution < 1.29 is 4.74 Å². The minimum Gasteiger partial charge on any atom is -0.361 e. The highest BCUT2D eigenvalue weighted by molar-refractivity contribution is 5.80. The van der Waals surface area contributed by atoms with Gasteiger partial charge in [-0.05, 0) is 42.6 Å². The average Bonchev–Trinajstić information content (AvgIpc) is 2.76. The lowest BCUT2D eigenvalue weighted by molar-refractivity contribution is 0.0909. The van der Waals surface area contributed by atoms with Gasteiger partial charge in [-0.2, -0.15) is 0 Å². The van der Waals surface area contributed by atoms with Gasteiger partial charge < -0.3 is 14.6 Å². The van der Waals surface area contributed by atoms with Gasteiger partial charge in [0, 0.05) is 24.9 Å². The van der Waals surface area contributed by atoms with Crippen molar-refractivity contribution in [1.29, 1.82) is 0 Å². The van der Waals surface area contributed by atoms with Crippen LogP contribution >= 0.6 is 0 Å². The zero-order valence-corrected chi connectivity index (χ0v) is 10.6. The third kappa shape index (κ3) is 2.87. The average molecular weight is 232 g/mol. The number of rotatable bonds is 6. The molecule has 3 heteroatoms. The molecule has 0 fully saturated rings. The highest BCUT2D eigenvalue weighted by atomic mass is 16.5. The van der Waals surface area contributed by atoms with Gasteiger partial charge in [-0.1, -0.05) is 13.0 Å². The van der Waals surface area contributed by atoms with Crippen LogP contribution in [0.1, 0.15) is 19.4 Å². The second-order valence-corrected chi connectivity index (χ2v) is 4.08. The molecule has 1 N–H and O–H groups in total. The van der Waals surface area contributed by atoms with Gasteiger partial charge in [-0.15, -0.1) is 0 Å². The molecule has 0 radical (unpaired) electrons. The summed E-state index contributed by atoms with van der Waals surface area (Å²) in [4.78, 5) is 0. The fraction of sp³-hybridized carbons (Fsp3) is 0.429. The molecule has 2 aromatic rings. The molecule has 0 saturated heterocycles. The lowest BCUT2D eigenvalue weighted by Crippen LogP contribution is -2.11. The van der Waals surface area contributed by atoms with Gasteiger partial charge in [0.1, 0.15) is 6.73 Å². The Hall–Kier alpha value is -1.32. The van der Waals surface area contributed by atoms with Gasteiger partial charge in [0.05, 0.1) is 0 Å². The molecule has 17 heavy (non-hydrogen) atoms. The minimum atomic E-state index is 0.632. The van der Waals surface area contributed by atoms with E-state index in [0.717, 1.165) is 19.7 Å². The van der Waals surface area contributed by atoms with Crippen LogP contribution in [0.2, 0.25) is 0 Å². The van der Waals surface area contributed by atoms with Crippen LogP contribution in [-0.4, -0.2) is 17.7 Å². The van der Waals surface area contributed by atoms with Gasteiger partial charge in [0.2, 0.25) is 0 Å². The van der Waals surface area contributed by atoms with E-state index in [-0.39, 0.29) is 0 Å². The molecule has 0 bridgehead atoms.